The van der Waals surface area contributed by atoms with Crippen molar-refractivity contribution in [1.82, 2.24) is 4.98 Å². The van der Waals surface area contributed by atoms with Gasteiger partial charge in [-0.15, -0.1) is 11.3 Å². The lowest BCUT2D eigenvalue weighted by atomic mass is 10.2. The molecule has 0 saturated heterocycles. The fraction of sp³-hybridized carbons (Fsp3) is 0.231. The SMILES string of the molecule is CC(C)c1csc(NS(=O)(=O)c2ccc(C(=O)O)cc2)n1. The van der Waals surface area contributed by atoms with E-state index >= 15 is 0 Å². The molecule has 1 aromatic carbocycles. The number of carboxylic acids is 1. The van der Waals surface area contributed by atoms with Gasteiger partial charge in [0.15, 0.2) is 5.13 Å². The Morgan fingerprint density at radius 3 is 2.38 bits per heavy atom. The molecule has 1 aromatic heterocycles. The van der Waals surface area contributed by atoms with Crippen molar-refractivity contribution < 1.29 is 18.3 Å². The molecular formula is C13H14N2O4S2. The van der Waals surface area contributed by atoms with Crippen LogP contribution in [0.2, 0.25) is 0 Å². The van der Waals surface area contributed by atoms with Gasteiger partial charge < -0.3 is 5.11 Å². The number of sulfonamides is 1. The number of nitrogens with one attached hydrogen (secondary N) is 1. The summed E-state index contributed by atoms with van der Waals surface area (Å²) in [6.45, 7) is 3.94. The minimum absolute atomic E-state index is 0.00574. The summed E-state index contributed by atoms with van der Waals surface area (Å²) in [4.78, 5) is 14.9. The summed E-state index contributed by atoms with van der Waals surface area (Å²) in [6, 6.07) is 5.00. The van der Waals surface area contributed by atoms with Gasteiger partial charge in [-0.2, -0.15) is 0 Å². The van der Waals surface area contributed by atoms with E-state index in [2.05, 4.69) is 9.71 Å². The highest BCUT2D eigenvalue weighted by Gasteiger charge is 2.17. The second kappa shape index (κ2) is 5.82. The zero-order valence-electron chi connectivity index (χ0n) is 11.4. The number of carboxylic acid groups (broad SMARTS) is 1. The maximum atomic E-state index is 12.2. The zero-order valence-corrected chi connectivity index (χ0v) is 13.0. The Kier molecular flexibility index (Phi) is 4.29. The Hall–Kier alpha value is -1.93. The van der Waals surface area contributed by atoms with E-state index in [1.54, 1.807) is 5.38 Å². The van der Waals surface area contributed by atoms with Gasteiger partial charge >= 0.3 is 5.97 Å². The largest absolute Gasteiger partial charge is 0.478 e. The number of hydrogen-bond acceptors (Lipinski definition) is 5. The summed E-state index contributed by atoms with van der Waals surface area (Å²) < 4.78 is 26.7. The van der Waals surface area contributed by atoms with Crippen molar-refractivity contribution in [2.24, 2.45) is 0 Å². The van der Waals surface area contributed by atoms with Crippen LogP contribution in [0.25, 0.3) is 0 Å². The fourth-order valence-electron chi connectivity index (χ4n) is 1.55. The van der Waals surface area contributed by atoms with Crippen LogP contribution in [-0.4, -0.2) is 24.5 Å². The molecule has 0 fully saturated rings. The van der Waals surface area contributed by atoms with Crippen molar-refractivity contribution in [1.29, 1.82) is 0 Å². The third-order valence-electron chi connectivity index (χ3n) is 2.75. The number of anilines is 1. The third kappa shape index (κ3) is 3.59. The topological polar surface area (TPSA) is 96.4 Å². The molecule has 112 valence electrons. The first-order valence-electron chi connectivity index (χ1n) is 6.11. The molecule has 21 heavy (non-hydrogen) atoms. The average Bonchev–Trinajstić information content (AvgIpc) is 2.87. The highest BCUT2D eigenvalue weighted by Crippen LogP contribution is 2.24. The first-order chi connectivity index (χ1) is 9.79. The second-order valence-corrected chi connectivity index (χ2v) is 7.21. The van der Waals surface area contributed by atoms with Crippen LogP contribution < -0.4 is 4.72 Å². The molecule has 0 aliphatic carbocycles. The van der Waals surface area contributed by atoms with Crippen molar-refractivity contribution in [3.63, 3.8) is 0 Å². The summed E-state index contributed by atoms with van der Waals surface area (Å²) >= 11 is 1.21. The van der Waals surface area contributed by atoms with Crippen molar-refractivity contribution in [2.45, 2.75) is 24.7 Å². The molecule has 0 atom stereocenters. The Bertz CT molecular complexity index is 749. The van der Waals surface area contributed by atoms with Crippen LogP contribution in [0.4, 0.5) is 5.13 Å². The van der Waals surface area contributed by atoms with Gasteiger partial charge in [-0.3, -0.25) is 4.72 Å². The van der Waals surface area contributed by atoms with Crippen molar-refractivity contribution in [3.8, 4) is 0 Å². The molecule has 2 N–H and O–H groups in total. The summed E-state index contributed by atoms with van der Waals surface area (Å²) in [5.41, 5.74) is 0.851. The quantitative estimate of drug-likeness (QED) is 0.880. The van der Waals surface area contributed by atoms with Gasteiger partial charge in [0.25, 0.3) is 10.0 Å². The Morgan fingerprint density at radius 2 is 1.90 bits per heavy atom. The van der Waals surface area contributed by atoms with Crippen molar-refractivity contribution in [3.05, 3.63) is 40.9 Å². The molecule has 0 unspecified atom stereocenters. The first kappa shape index (κ1) is 15.5. The van der Waals surface area contributed by atoms with Crippen LogP contribution in [0.3, 0.4) is 0 Å². The van der Waals surface area contributed by atoms with Crippen LogP contribution >= 0.6 is 11.3 Å². The zero-order chi connectivity index (χ0) is 15.6. The molecule has 0 saturated carbocycles. The highest BCUT2D eigenvalue weighted by molar-refractivity contribution is 7.93. The molecule has 0 aliphatic heterocycles. The molecule has 0 aliphatic rings. The van der Waals surface area contributed by atoms with E-state index in [4.69, 9.17) is 5.11 Å². The molecule has 0 bridgehead atoms. The number of aromatic carboxylic acids is 1. The molecule has 1 heterocycles. The van der Waals surface area contributed by atoms with E-state index in [9.17, 15) is 13.2 Å². The summed E-state index contributed by atoms with van der Waals surface area (Å²) in [5, 5.41) is 10.9. The summed E-state index contributed by atoms with van der Waals surface area (Å²) in [5.74, 6) is -0.886. The van der Waals surface area contributed by atoms with Gasteiger partial charge in [-0.05, 0) is 30.2 Å². The number of carbonyl (C=O) groups is 1. The predicted octanol–water partition coefficient (Wildman–Crippen LogP) is 2.77. The Morgan fingerprint density at radius 1 is 1.29 bits per heavy atom. The maximum Gasteiger partial charge on any atom is 0.335 e. The Balaban J connectivity index is 2.22. The van der Waals surface area contributed by atoms with Gasteiger partial charge in [0.2, 0.25) is 0 Å². The standard InChI is InChI=1S/C13H14N2O4S2/c1-8(2)11-7-20-13(14-11)15-21(18,19)10-5-3-9(4-6-10)12(16)17/h3-8H,1-2H3,(H,14,15)(H,16,17). The number of benzene rings is 1. The number of aromatic nitrogens is 1. The molecule has 6 nitrogen and oxygen atoms in total. The fourth-order valence-corrected chi connectivity index (χ4v) is 3.67. The summed E-state index contributed by atoms with van der Waals surface area (Å²) in [6.07, 6.45) is 0. The molecule has 2 aromatic rings. The van der Waals surface area contributed by atoms with E-state index in [0.717, 1.165) is 5.69 Å². The third-order valence-corrected chi connectivity index (χ3v) is 5.01. The lowest BCUT2D eigenvalue weighted by Crippen LogP contribution is -2.13. The van der Waals surface area contributed by atoms with E-state index < -0.39 is 16.0 Å². The maximum absolute atomic E-state index is 12.2. The van der Waals surface area contributed by atoms with Crippen molar-refractivity contribution >= 4 is 32.5 Å². The second-order valence-electron chi connectivity index (χ2n) is 4.67. The predicted molar refractivity (Wildman–Crippen MR) is 80.4 cm³/mol. The molecular weight excluding hydrogens is 312 g/mol. The van der Waals surface area contributed by atoms with Crippen molar-refractivity contribution in [2.75, 3.05) is 4.72 Å². The average molecular weight is 326 g/mol. The smallest absolute Gasteiger partial charge is 0.335 e. The van der Waals surface area contributed by atoms with Gasteiger partial charge in [0.05, 0.1) is 16.2 Å². The van der Waals surface area contributed by atoms with E-state index in [0.29, 0.717) is 5.13 Å². The van der Waals surface area contributed by atoms with Crippen LogP contribution in [0.5, 0.6) is 0 Å². The van der Waals surface area contributed by atoms with Gasteiger partial charge in [0.1, 0.15) is 0 Å². The molecule has 2 rings (SSSR count). The lowest BCUT2D eigenvalue weighted by Gasteiger charge is -2.05. The van der Waals surface area contributed by atoms with Crippen LogP contribution in [-0.2, 0) is 10.0 Å². The van der Waals surface area contributed by atoms with Gasteiger partial charge in [-0.25, -0.2) is 18.2 Å². The van der Waals surface area contributed by atoms with E-state index in [1.165, 1.54) is 35.6 Å². The molecule has 0 amide bonds. The lowest BCUT2D eigenvalue weighted by molar-refractivity contribution is 0.0696. The van der Waals surface area contributed by atoms with Crippen LogP contribution in [0.15, 0.2) is 34.5 Å². The van der Waals surface area contributed by atoms with Gasteiger partial charge in [-0.1, -0.05) is 13.8 Å². The first-order valence-corrected chi connectivity index (χ1v) is 8.47. The Labute approximate surface area is 126 Å². The number of thiazole rings is 1. The minimum Gasteiger partial charge on any atom is -0.478 e. The molecule has 8 heteroatoms. The molecule has 0 radical (unpaired) electrons. The monoisotopic (exact) mass is 326 g/mol. The van der Waals surface area contributed by atoms with Crippen LogP contribution in [0, 0.1) is 0 Å². The minimum atomic E-state index is -3.76. The molecule has 0 spiro atoms. The summed E-state index contributed by atoms with van der Waals surface area (Å²) in [7, 11) is -3.76. The van der Waals surface area contributed by atoms with E-state index in [1.807, 2.05) is 13.8 Å². The van der Waals surface area contributed by atoms with Gasteiger partial charge in [0, 0.05) is 5.38 Å². The highest BCUT2D eigenvalue weighted by atomic mass is 32.2. The number of hydrogen-bond donors (Lipinski definition) is 2. The number of rotatable bonds is 5. The van der Waals surface area contributed by atoms with Crippen LogP contribution in [0.1, 0.15) is 35.8 Å². The van der Waals surface area contributed by atoms with E-state index in [-0.39, 0.29) is 16.4 Å². The normalized spacial score (nSPS) is 11.6. The number of nitrogens with zero attached hydrogens (tertiary/aromatic N) is 1.